The minimum absolute atomic E-state index is 0.220. The third kappa shape index (κ3) is 4.62. The van der Waals surface area contributed by atoms with Gasteiger partial charge in [0.25, 0.3) is 5.91 Å². The van der Waals surface area contributed by atoms with Crippen LogP contribution in [0.1, 0.15) is 22.3 Å². The Morgan fingerprint density at radius 2 is 1.91 bits per heavy atom. The number of carbonyl (C=O) groups excluding carboxylic acids is 1. The van der Waals surface area contributed by atoms with Crippen LogP contribution in [0.3, 0.4) is 0 Å². The van der Waals surface area contributed by atoms with Gasteiger partial charge < -0.3 is 5.32 Å². The maximum absolute atomic E-state index is 11.9. The van der Waals surface area contributed by atoms with Crippen LogP contribution in [0.4, 0.5) is 0 Å². The first-order valence-electron chi connectivity index (χ1n) is 6.28. The molecule has 0 aliphatic carbocycles. The van der Waals surface area contributed by atoms with E-state index in [-0.39, 0.29) is 5.91 Å². The first kappa shape index (κ1) is 17.1. The fourth-order valence-corrected chi connectivity index (χ4v) is 2.54. The number of halogens is 3. The smallest absolute Gasteiger partial charge is 0.254 e. The molecule has 1 heterocycles. The molecule has 22 heavy (non-hydrogen) atoms. The average Bonchev–Trinajstić information content (AvgIpc) is 2.55. The number of hydrogen-bond acceptors (Lipinski definition) is 4. The summed E-state index contributed by atoms with van der Waals surface area (Å²) in [5.74, 6) is -0.220. The molecule has 1 aromatic carbocycles. The van der Waals surface area contributed by atoms with Crippen LogP contribution in [-0.2, 0) is 0 Å². The van der Waals surface area contributed by atoms with Gasteiger partial charge >= 0.3 is 0 Å². The topological polar surface area (TPSA) is 67.2 Å². The number of amides is 1. The highest BCUT2D eigenvalue weighted by atomic mass is 127. The lowest BCUT2D eigenvalue weighted by atomic mass is 10.1. The van der Waals surface area contributed by atoms with Crippen LogP contribution in [0.2, 0.25) is 10.0 Å². The standard InChI is InChI=1S/C14H11Cl2IN4O/c15-11-2-1-9(5-12(11)16)13(21-17)3-4-20-14(22)10-6-18-8-19-7-10/h1-2,5-8H,3-4H2,(H,20,22)/b21-13+. The second-order valence-corrected chi connectivity index (χ2v) is 5.59. The minimum Gasteiger partial charge on any atom is -0.352 e. The van der Waals surface area contributed by atoms with Crippen molar-refractivity contribution >= 4 is 57.7 Å². The Kier molecular flexibility index (Phi) is 6.53. The van der Waals surface area contributed by atoms with E-state index in [1.165, 1.54) is 18.7 Å². The van der Waals surface area contributed by atoms with Gasteiger partial charge in [-0.25, -0.2) is 13.2 Å². The third-order valence-electron chi connectivity index (χ3n) is 2.82. The minimum atomic E-state index is -0.220. The maximum Gasteiger partial charge on any atom is 0.254 e. The Bertz CT molecular complexity index is 694. The molecule has 0 saturated carbocycles. The molecule has 0 bridgehead atoms. The van der Waals surface area contributed by atoms with E-state index in [9.17, 15) is 4.79 Å². The number of hydrogen-bond donors (Lipinski definition) is 1. The van der Waals surface area contributed by atoms with Crippen molar-refractivity contribution in [3.05, 3.63) is 58.1 Å². The second kappa shape index (κ2) is 8.40. The molecular formula is C14H11Cl2IN4O. The van der Waals surface area contributed by atoms with Crippen LogP contribution >= 0.6 is 46.1 Å². The fourth-order valence-electron chi connectivity index (χ4n) is 1.72. The summed E-state index contributed by atoms with van der Waals surface area (Å²) in [6.45, 7) is 0.440. The van der Waals surface area contributed by atoms with Gasteiger partial charge in [0, 0.05) is 25.4 Å². The summed E-state index contributed by atoms with van der Waals surface area (Å²) in [6, 6.07) is 5.33. The molecular weight excluding hydrogens is 438 g/mol. The lowest BCUT2D eigenvalue weighted by molar-refractivity contribution is 0.0954. The molecule has 1 N–H and O–H groups in total. The molecule has 2 rings (SSSR count). The molecule has 1 aromatic heterocycles. The molecule has 0 atom stereocenters. The molecule has 2 aromatic rings. The molecule has 0 spiro atoms. The number of nitrogens with zero attached hydrogens (tertiary/aromatic N) is 3. The Balaban J connectivity index is 1.94. The molecule has 0 aliphatic rings. The van der Waals surface area contributed by atoms with Gasteiger partial charge in [0.15, 0.2) is 0 Å². The molecule has 0 fully saturated rings. The lowest BCUT2D eigenvalue weighted by Gasteiger charge is -2.08. The largest absolute Gasteiger partial charge is 0.352 e. The molecule has 0 radical (unpaired) electrons. The predicted octanol–water partition coefficient (Wildman–Crippen LogP) is 3.74. The van der Waals surface area contributed by atoms with Gasteiger partial charge in [0.2, 0.25) is 0 Å². The lowest BCUT2D eigenvalue weighted by Crippen LogP contribution is -2.26. The number of carbonyl (C=O) groups is 1. The monoisotopic (exact) mass is 448 g/mol. The van der Waals surface area contributed by atoms with E-state index in [2.05, 4.69) is 18.5 Å². The molecule has 1 amide bonds. The van der Waals surface area contributed by atoms with Crippen LogP contribution in [0.15, 0.2) is 40.1 Å². The van der Waals surface area contributed by atoms with E-state index >= 15 is 0 Å². The Morgan fingerprint density at radius 3 is 2.55 bits per heavy atom. The molecule has 5 nitrogen and oxygen atoms in total. The summed E-state index contributed by atoms with van der Waals surface area (Å²) in [4.78, 5) is 19.5. The van der Waals surface area contributed by atoms with Crippen molar-refractivity contribution in [1.82, 2.24) is 15.3 Å². The summed E-state index contributed by atoms with van der Waals surface area (Å²) in [7, 11) is 0. The second-order valence-electron chi connectivity index (χ2n) is 4.29. The van der Waals surface area contributed by atoms with Crippen molar-refractivity contribution < 1.29 is 4.79 Å². The summed E-state index contributed by atoms with van der Waals surface area (Å²) in [5, 5.41) is 3.77. The van der Waals surface area contributed by atoms with Gasteiger partial charge in [-0.05, 0) is 17.7 Å². The van der Waals surface area contributed by atoms with Crippen molar-refractivity contribution in [3.63, 3.8) is 0 Å². The summed E-state index contributed by atoms with van der Waals surface area (Å²) in [5.41, 5.74) is 2.12. The van der Waals surface area contributed by atoms with Crippen molar-refractivity contribution in [2.75, 3.05) is 6.54 Å². The van der Waals surface area contributed by atoms with Crippen LogP contribution in [0.5, 0.6) is 0 Å². The predicted molar refractivity (Wildman–Crippen MR) is 96.0 cm³/mol. The van der Waals surface area contributed by atoms with Crippen molar-refractivity contribution in [2.45, 2.75) is 6.42 Å². The first-order chi connectivity index (χ1) is 10.6. The quantitative estimate of drug-likeness (QED) is 0.559. The number of rotatable bonds is 5. The molecule has 0 saturated heterocycles. The van der Waals surface area contributed by atoms with E-state index < -0.39 is 0 Å². The van der Waals surface area contributed by atoms with Crippen molar-refractivity contribution in [1.29, 1.82) is 0 Å². The van der Waals surface area contributed by atoms with Gasteiger partial charge in [-0.15, -0.1) is 0 Å². The zero-order chi connectivity index (χ0) is 15.9. The zero-order valence-electron chi connectivity index (χ0n) is 11.3. The van der Waals surface area contributed by atoms with Crippen LogP contribution in [0, 0.1) is 0 Å². The Hall–Kier alpha value is -1.25. The van der Waals surface area contributed by atoms with E-state index in [0.29, 0.717) is 28.6 Å². The Labute approximate surface area is 151 Å². The highest BCUT2D eigenvalue weighted by Crippen LogP contribution is 2.23. The van der Waals surface area contributed by atoms with Gasteiger partial charge in [-0.1, -0.05) is 29.3 Å². The number of benzene rings is 1. The van der Waals surface area contributed by atoms with Crippen LogP contribution in [-0.4, -0.2) is 28.1 Å². The first-order valence-corrected chi connectivity index (χ1v) is 8.00. The van der Waals surface area contributed by atoms with Gasteiger partial charge in [-0.3, -0.25) is 4.79 Å². The van der Waals surface area contributed by atoms with Crippen molar-refractivity contribution in [2.24, 2.45) is 3.21 Å². The van der Waals surface area contributed by atoms with Gasteiger partial charge in [-0.2, -0.15) is 0 Å². The summed E-state index contributed by atoms with van der Waals surface area (Å²) >= 11 is 13.8. The number of nitrogens with one attached hydrogen (secondary N) is 1. The fraction of sp³-hybridized carbons (Fsp3) is 0.143. The van der Waals surface area contributed by atoms with Gasteiger partial charge in [0.1, 0.15) is 6.33 Å². The molecule has 8 heteroatoms. The number of aromatic nitrogens is 2. The summed E-state index contributed by atoms with van der Waals surface area (Å²) in [6.07, 6.45) is 4.88. The molecule has 0 unspecified atom stereocenters. The summed E-state index contributed by atoms with van der Waals surface area (Å²) < 4.78 is 4.21. The normalized spacial score (nSPS) is 11.3. The van der Waals surface area contributed by atoms with Crippen LogP contribution in [0.25, 0.3) is 0 Å². The van der Waals surface area contributed by atoms with E-state index in [1.54, 1.807) is 12.1 Å². The maximum atomic E-state index is 11.9. The van der Waals surface area contributed by atoms with Gasteiger partial charge in [0.05, 0.1) is 44.2 Å². The SMILES string of the molecule is O=C(NCC/C(=N\I)c1ccc(Cl)c(Cl)c1)c1cncnc1. The average molecular weight is 449 g/mol. The molecule has 0 aliphatic heterocycles. The molecule has 114 valence electrons. The van der Waals surface area contributed by atoms with E-state index in [0.717, 1.165) is 11.3 Å². The third-order valence-corrected chi connectivity index (χ3v) is 4.15. The van der Waals surface area contributed by atoms with E-state index in [4.69, 9.17) is 23.2 Å². The van der Waals surface area contributed by atoms with Crippen LogP contribution < -0.4 is 5.32 Å². The zero-order valence-corrected chi connectivity index (χ0v) is 14.9. The highest BCUT2D eigenvalue weighted by molar-refractivity contribution is 14.1. The van der Waals surface area contributed by atoms with Crippen molar-refractivity contribution in [3.8, 4) is 0 Å². The van der Waals surface area contributed by atoms with E-state index in [1.807, 2.05) is 28.9 Å². The Morgan fingerprint density at radius 1 is 1.18 bits per heavy atom. The highest BCUT2D eigenvalue weighted by Gasteiger charge is 2.09.